The molecule has 1 aromatic heterocycles. The average molecular weight is 193 g/mol. The van der Waals surface area contributed by atoms with Crippen molar-refractivity contribution >= 4 is 0 Å². The van der Waals surface area contributed by atoms with Gasteiger partial charge in [-0.15, -0.1) is 0 Å². The van der Waals surface area contributed by atoms with E-state index in [0.717, 1.165) is 6.54 Å². The predicted molar refractivity (Wildman–Crippen MR) is 57.2 cm³/mol. The molecule has 0 bridgehead atoms. The molecule has 1 aliphatic rings. The lowest BCUT2D eigenvalue weighted by Crippen LogP contribution is -2.38. The normalized spacial score (nSPS) is 30.9. The second-order valence-electron chi connectivity index (χ2n) is 4.95. The van der Waals surface area contributed by atoms with Gasteiger partial charge in [0, 0.05) is 30.9 Å². The van der Waals surface area contributed by atoms with Crippen LogP contribution in [0.15, 0.2) is 12.4 Å². The van der Waals surface area contributed by atoms with Gasteiger partial charge in [-0.3, -0.25) is 0 Å². The summed E-state index contributed by atoms with van der Waals surface area (Å²) < 4.78 is 2.13. The Morgan fingerprint density at radius 2 is 2.29 bits per heavy atom. The van der Waals surface area contributed by atoms with Crippen molar-refractivity contribution < 1.29 is 0 Å². The first-order chi connectivity index (χ1) is 6.52. The summed E-state index contributed by atoms with van der Waals surface area (Å²) in [5, 5.41) is 3.56. The fraction of sp³-hybridized carbons (Fsp3) is 0.727. The molecule has 1 N–H and O–H groups in total. The van der Waals surface area contributed by atoms with Gasteiger partial charge in [-0.05, 0) is 26.3 Å². The van der Waals surface area contributed by atoms with Crippen molar-refractivity contribution in [2.45, 2.75) is 32.2 Å². The molecule has 2 unspecified atom stereocenters. The van der Waals surface area contributed by atoms with Crippen molar-refractivity contribution in [2.75, 3.05) is 6.54 Å². The maximum Gasteiger partial charge on any atom is 0.113 e. The van der Waals surface area contributed by atoms with Crippen molar-refractivity contribution in [1.29, 1.82) is 0 Å². The van der Waals surface area contributed by atoms with Gasteiger partial charge in [0.1, 0.15) is 5.82 Å². The number of aryl methyl sites for hydroxylation is 1. The Kier molecular flexibility index (Phi) is 2.14. The molecule has 1 aromatic rings. The second-order valence-corrected chi connectivity index (χ2v) is 4.95. The minimum Gasteiger partial charge on any atom is -0.338 e. The Balaban J connectivity index is 2.37. The lowest BCUT2D eigenvalue weighted by molar-refractivity contribution is 0.365. The Bertz CT molecular complexity index is 327. The van der Waals surface area contributed by atoms with Crippen LogP contribution in [0.3, 0.4) is 0 Å². The van der Waals surface area contributed by atoms with Crippen molar-refractivity contribution in [3.8, 4) is 0 Å². The van der Waals surface area contributed by atoms with E-state index in [2.05, 4.69) is 42.7 Å². The number of nitrogens with zero attached hydrogens (tertiary/aromatic N) is 2. The van der Waals surface area contributed by atoms with Crippen LogP contribution < -0.4 is 5.32 Å². The van der Waals surface area contributed by atoms with Crippen LogP contribution in [0.1, 0.15) is 32.5 Å². The average Bonchev–Trinajstić information content (AvgIpc) is 2.58. The Morgan fingerprint density at radius 3 is 2.71 bits per heavy atom. The lowest BCUT2D eigenvalue weighted by Gasteiger charge is -2.28. The summed E-state index contributed by atoms with van der Waals surface area (Å²) in [6.45, 7) is 7.90. The molecule has 0 aromatic carbocycles. The molecule has 1 fully saturated rings. The number of aromatic nitrogens is 2. The molecule has 1 saturated heterocycles. The van der Waals surface area contributed by atoms with E-state index >= 15 is 0 Å². The van der Waals surface area contributed by atoms with Crippen LogP contribution in [0.5, 0.6) is 0 Å². The maximum atomic E-state index is 4.47. The zero-order valence-electron chi connectivity index (χ0n) is 9.41. The van der Waals surface area contributed by atoms with E-state index in [1.165, 1.54) is 5.82 Å². The Hall–Kier alpha value is -0.830. The molecule has 0 spiro atoms. The lowest BCUT2D eigenvalue weighted by atomic mass is 9.83. The zero-order valence-corrected chi connectivity index (χ0v) is 9.41. The number of rotatable bonds is 1. The number of imidazole rings is 1. The first-order valence-corrected chi connectivity index (χ1v) is 5.24. The maximum absolute atomic E-state index is 4.47. The van der Waals surface area contributed by atoms with Crippen LogP contribution in [-0.4, -0.2) is 21.6 Å². The van der Waals surface area contributed by atoms with Crippen LogP contribution in [0.25, 0.3) is 0 Å². The van der Waals surface area contributed by atoms with Gasteiger partial charge < -0.3 is 9.88 Å². The summed E-state index contributed by atoms with van der Waals surface area (Å²) in [6.07, 6.45) is 3.91. The van der Waals surface area contributed by atoms with E-state index in [0.29, 0.717) is 11.8 Å². The first-order valence-electron chi connectivity index (χ1n) is 5.24. The van der Waals surface area contributed by atoms with Gasteiger partial charge in [-0.2, -0.15) is 0 Å². The molecule has 0 radical (unpaired) electrons. The second kappa shape index (κ2) is 3.09. The third kappa shape index (κ3) is 1.36. The van der Waals surface area contributed by atoms with E-state index in [1.807, 2.05) is 12.4 Å². The van der Waals surface area contributed by atoms with Gasteiger partial charge in [0.15, 0.2) is 0 Å². The Morgan fingerprint density at radius 1 is 1.57 bits per heavy atom. The molecule has 0 aliphatic carbocycles. The third-order valence-electron chi connectivity index (χ3n) is 3.36. The summed E-state index contributed by atoms with van der Waals surface area (Å²) in [6, 6.07) is 0. The Labute approximate surface area is 85.5 Å². The summed E-state index contributed by atoms with van der Waals surface area (Å²) >= 11 is 0. The molecule has 1 aliphatic heterocycles. The molecule has 3 nitrogen and oxygen atoms in total. The third-order valence-corrected chi connectivity index (χ3v) is 3.36. The summed E-state index contributed by atoms with van der Waals surface area (Å²) in [4.78, 5) is 4.47. The fourth-order valence-electron chi connectivity index (χ4n) is 2.62. The largest absolute Gasteiger partial charge is 0.338 e. The highest BCUT2D eigenvalue weighted by Gasteiger charge is 2.42. The molecule has 78 valence electrons. The van der Waals surface area contributed by atoms with Crippen LogP contribution in [-0.2, 0) is 7.05 Å². The van der Waals surface area contributed by atoms with Crippen molar-refractivity contribution in [1.82, 2.24) is 14.9 Å². The molecule has 2 rings (SSSR count). The zero-order chi connectivity index (χ0) is 10.3. The standard InChI is InChI=1S/C11H19N3/c1-8-7-13-11(2,3)9(8)10-12-5-6-14(10)4/h5-6,8-9,13H,7H2,1-4H3. The molecular formula is C11H19N3. The molecule has 2 atom stereocenters. The van der Waals surface area contributed by atoms with Crippen LogP contribution in [0.2, 0.25) is 0 Å². The highest BCUT2D eigenvalue weighted by molar-refractivity contribution is 5.14. The van der Waals surface area contributed by atoms with Crippen LogP contribution in [0.4, 0.5) is 0 Å². The minimum absolute atomic E-state index is 0.165. The molecule has 3 heteroatoms. The van der Waals surface area contributed by atoms with Crippen LogP contribution in [0, 0.1) is 5.92 Å². The summed E-state index contributed by atoms with van der Waals surface area (Å²) in [7, 11) is 2.07. The molecule has 14 heavy (non-hydrogen) atoms. The van der Waals surface area contributed by atoms with Crippen molar-refractivity contribution in [3.05, 3.63) is 18.2 Å². The smallest absolute Gasteiger partial charge is 0.113 e. The topological polar surface area (TPSA) is 29.9 Å². The molecule has 0 amide bonds. The summed E-state index contributed by atoms with van der Waals surface area (Å²) in [5.74, 6) is 2.38. The highest BCUT2D eigenvalue weighted by Crippen LogP contribution is 2.38. The van der Waals surface area contributed by atoms with Gasteiger partial charge in [0.25, 0.3) is 0 Å². The minimum atomic E-state index is 0.165. The highest BCUT2D eigenvalue weighted by atomic mass is 15.1. The van der Waals surface area contributed by atoms with Gasteiger partial charge in [0.2, 0.25) is 0 Å². The fourth-order valence-corrected chi connectivity index (χ4v) is 2.62. The van der Waals surface area contributed by atoms with E-state index in [9.17, 15) is 0 Å². The predicted octanol–water partition coefficient (Wildman–Crippen LogP) is 1.52. The van der Waals surface area contributed by atoms with Crippen LogP contribution >= 0.6 is 0 Å². The van der Waals surface area contributed by atoms with E-state index in [1.54, 1.807) is 0 Å². The first kappa shape index (κ1) is 9.71. The quantitative estimate of drug-likeness (QED) is 0.733. The number of hydrogen-bond donors (Lipinski definition) is 1. The molecule has 0 saturated carbocycles. The van der Waals surface area contributed by atoms with Gasteiger partial charge in [0.05, 0.1) is 0 Å². The van der Waals surface area contributed by atoms with Crippen molar-refractivity contribution in [3.63, 3.8) is 0 Å². The van der Waals surface area contributed by atoms with E-state index in [-0.39, 0.29) is 5.54 Å². The van der Waals surface area contributed by atoms with Gasteiger partial charge in [-0.25, -0.2) is 4.98 Å². The molecular weight excluding hydrogens is 174 g/mol. The number of hydrogen-bond acceptors (Lipinski definition) is 2. The SMILES string of the molecule is CC1CNC(C)(C)C1c1nccn1C. The van der Waals surface area contributed by atoms with E-state index < -0.39 is 0 Å². The summed E-state index contributed by atoms with van der Waals surface area (Å²) in [5.41, 5.74) is 0.165. The van der Waals surface area contributed by atoms with Gasteiger partial charge in [-0.1, -0.05) is 6.92 Å². The molecule has 2 heterocycles. The van der Waals surface area contributed by atoms with Crippen molar-refractivity contribution in [2.24, 2.45) is 13.0 Å². The van der Waals surface area contributed by atoms with Gasteiger partial charge >= 0.3 is 0 Å². The number of nitrogens with one attached hydrogen (secondary N) is 1. The monoisotopic (exact) mass is 193 g/mol. The van der Waals surface area contributed by atoms with E-state index in [4.69, 9.17) is 0 Å².